The van der Waals surface area contributed by atoms with Crippen LogP contribution in [0.2, 0.25) is 0 Å². The molecule has 0 aliphatic heterocycles. The molecule has 2 unspecified atom stereocenters. The lowest BCUT2D eigenvalue weighted by Crippen LogP contribution is -2.25. The highest BCUT2D eigenvalue weighted by Crippen LogP contribution is 2.23. The molecule has 4 heteroatoms. The maximum atomic E-state index is 10.4. The Labute approximate surface area is 71.8 Å². The highest BCUT2D eigenvalue weighted by atomic mass is 35.5. The number of aliphatic hydroxyl groups excluding tert-OH is 1. The van der Waals surface area contributed by atoms with Crippen LogP contribution in [0.4, 0.5) is 0 Å². The quantitative estimate of drug-likeness (QED) is 0.634. The van der Waals surface area contributed by atoms with Crippen LogP contribution in [0.25, 0.3) is 0 Å². The molecule has 0 amide bonds. The third-order valence-corrected chi connectivity index (χ3v) is 2.00. The van der Waals surface area contributed by atoms with Gasteiger partial charge in [-0.2, -0.15) is 0 Å². The molecule has 1 aliphatic rings. The molecule has 0 bridgehead atoms. The molecule has 0 heterocycles. The SMILES string of the molecule is Cl.O=C(O)C1CCCC(O)C1. The van der Waals surface area contributed by atoms with E-state index in [-0.39, 0.29) is 24.4 Å². The molecule has 1 saturated carbocycles. The highest BCUT2D eigenvalue weighted by Gasteiger charge is 2.25. The zero-order chi connectivity index (χ0) is 7.56. The largest absolute Gasteiger partial charge is 0.481 e. The zero-order valence-electron chi connectivity index (χ0n) is 6.19. The van der Waals surface area contributed by atoms with Crippen molar-refractivity contribution < 1.29 is 15.0 Å². The number of hydrogen-bond acceptors (Lipinski definition) is 2. The van der Waals surface area contributed by atoms with E-state index in [1.54, 1.807) is 0 Å². The number of rotatable bonds is 1. The minimum atomic E-state index is -0.765. The van der Waals surface area contributed by atoms with Crippen molar-refractivity contribution in [2.45, 2.75) is 31.8 Å². The fourth-order valence-electron chi connectivity index (χ4n) is 1.39. The number of carboxylic acids is 1. The zero-order valence-corrected chi connectivity index (χ0v) is 7.01. The molecule has 0 saturated heterocycles. The second kappa shape index (κ2) is 4.57. The molecule has 1 aliphatic carbocycles. The first-order valence-corrected chi connectivity index (χ1v) is 3.61. The third-order valence-electron chi connectivity index (χ3n) is 2.00. The Bertz CT molecular complexity index is 138. The van der Waals surface area contributed by atoms with Gasteiger partial charge in [0.05, 0.1) is 12.0 Å². The summed E-state index contributed by atoms with van der Waals surface area (Å²) in [6.07, 6.45) is 2.40. The average Bonchev–Trinajstić information content (AvgIpc) is 1.88. The molecule has 0 radical (unpaired) electrons. The van der Waals surface area contributed by atoms with Gasteiger partial charge in [0.2, 0.25) is 0 Å². The van der Waals surface area contributed by atoms with E-state index in [4.69, 9.17) is 10.2 Å². The number of halogens is 1. The van der Waals surface area contributed by atoms with Crippen molar-refractivity contribution in [1.29, 1.82) is 0 Å². The van der Waals surface area contributed by atoms with Crippen LogP contribution in [0.15, 0.2) is 0 Å². The van der Waals surface area contributed by atoms with Crippen molar-refractivity contribution in [1.82, 2.24) is 0 Å². The van der Waals surface area contributed by atoms with Crippen LogP contribution in [0, 0.1) is 5.92 Å². The Kier molecular flexibility index (Phi) is 4.45. The standard InChI is InChI=1S/C7H12O3.ClH/c8-6-3-1-2-5(4-6)7(9)10;/h5-6,8H,1-4H2,(H,9,10);1H. The summed E-state index contributed by atoms with van der Waals surface area (Å²) in [7, 11) is 0. The van der Waals surface area contributed by atoms with E-state index in [9.17, 15) is 4.79 Å². The number of carboxylic acid groups (broad SMARTS) is 1. The van der Waals surface area contributed by atoms with E-state index in [1.165, 1.54) is 0 Å². The summed E-state index contributed by atoms with van der Waals surface area (Å²) in [4.78, 5) is 10.4. The van der Waals surface area contributed by atoms with Crippen LogP contribution in [0.1, 0.15) is 25.7 Å². The van der Waals surface area contributed by atoms with Gasteiger partial charge in [0.1, 0.15) is 0 Å². The molecule has 1 fully saturated rings. The topological polar surface area (TPSA) is 57.5 Å². The van der Waals surface area contributed by atoms with Crippen LogP contribution in [-0.4, -0.2) is 22.3 Å². The molecular formula is C7H13ClO3. The van der Waals surface area contributed by atoms with E-state index >= 15 is 0 Å². The number of aliphatic carboxylic acids is 1. The van der Waals surface area contributed by atoms with Gasteiger partial charge >= 0.3 is 5.97 Å². The fourth-order valence-corrected chi connectivity index (χ4v) is 1.39. The van der Waals surface area contributed by atoms with E-state index in [2.05, 4.69) is 0 Å². The van der Waals surface area contributed by atoms with Crippen molar-refractivity contribution >= 4 is 18.4 Å². The Morgan fingerprint density at radius 1 is 1.36 bits per heavy atom. The third kappa shape index (κ3) is 3.08. The summed E-state index contributed by atoms with van der Waals surface area (Å²) >= 11 is 0. The van der Waals surface area contributed by atoms with Crippen molar-refractivity contribution in [2.75, 3.05) is 0 Å². The van der Waals surface area contributed by atoms with E-state index < -0.39 is 5.97 Å². The minimum absolute atomic E-state index is 0. The Morgan fingerprint density at radius 2 is 2.00 bits per heavy atom. The Morgan fingerprint density at radius 3 is 2.36 bits per heavy atom. The predicted octanol–water partition coefficient (Wildman–Crippen LogP) is 1.04. The van der Waals surface area contributed by atoms with E-state index in [1.807, 2.05) is 0 Å². The lowest BCUT2D eigenvalue weighted by molar-refractivity contribution is -0.144. The van der Waals surface area contributed by atoms with Gasteiger partial charge in [-0.05, 0) is 19.3 Å². The Balaban J connectivity index is 0.000001000. The van der Waals surface area contributed by atoms with E-state index in [0.717, 1.165) is 19.3 Å². The number of carbonyl (C=O) groups is 1. The van der Waals surface area contributed by atoms with Gasteiger partial charge in [-0.15, -0.1) is 12.4 Å². The average molecular weight is 181 g/mol. The molecule has 2 atom stereocenters. The summed E-state index contributed by atoms with van der Waals surface area (Å²) in [5.41, 5.74) is 0. The van der Waals surface area contributed by atoms with Crippen molar-refractivity contribution in [2.24, 2.45) is 5.92 Å². The van der Waals surface area contributed by atoms with Crippen molar-refractivity contribution in [3.05, 3.63) is 0 Å². The lowest BCUT2D eigenvalue weighted by atomic mass is 9.87. The number of hydrogen-bond donors (Lipinski definition) is 2. The molecule has 1 rings (SSSR count). The van der Waals surface area contributed by atoms with Crippen LogP contribution >= 0.6 is 12.4 Å². The van der Waals surface area contributed by atoms with Gasteiger partial charge < -0.3 is 10.2 Å². The fraction of sp³-hybridized carbons (Fsp3) is 0.857. The van der Waals surface area contributed by atoms with Gasteiger partial charge in [-0.25, -0.2) is 0 Å². The summed E-state index contributed by atoms with van der Waals surface area (Å²) in [6, 6.07) is 0. The molecule has 2 N–H and O–H groups in total. The first kappa shape index (κ1) is 10.7. The maximum absolute atomic E-state index is 10.4. The molecule has 0 aromatic carbocycles. The molecule has 0 spiro atoms. The molecule has 0 aromatic heterocycles. The van der Waals surface area contributed by atoms with Gasteiger partial charge in [0.15, 0.2) is 0 Å². The molecule has 66 valence electrons. The van der Waals surface area contributed by atoms with Crippen LogP contribution in [0.3, 0.4) is 0 Å². The lowest BCUT2D eigenvalue weighted by Gasteiger charge is -2.21. The number of aliphatic hydroxyl groups is 1. The van der Waals surface area contributed by atoms with Gasteiger partial charge in [0.25, 0.3) is 0 Å². The minimum Gasteiger partial charge on any atom is -0.481 e. The summed E-state index contributed by atoms with van der Waals surface area (Å²) in [5.74, 6) is -1.07. The first-order valence-electron chi connectivity index (χ1n) is 3.61. The summed E-state index contributed by atoms with van der Waals surface area (Å²) in [5, 5.41) is 17.6. The normalized spacial score (nSPS) is 30.6. The van der Waals surface area contributed by atoms with Crippen molar-refractivity contribution in [3.8, 4) is 0 Å². The molecule has 0 aromatic rings. The second-order valence-electron chi connectivity index (χ2n) is 2.86. The predicted molar refractivity (Wildman–Crippen MR) is 42.8 cm³/mol. The van der Waals surface area contributed by atoms with Gasteiger partial charge in [0, 0.05) is 0 Å². The van der Waals surface area contributed by atoms with Crippen LogP contribution in [-0.2, 0) is 4.79 Å². The Hall–Kier alpha value is -0.280. The van der Waals surface area contributed by atoms with E-state index in [0.29, 0.717) is 6.42 Å². The highest BCUT2D eigenvalue weighted by molar-refractivity contribution is 5.85. The molecule has 11 heavy (non-hydrogen) atoms. The molecular weight excluding hydrogens is 168 g/mol. The summed E-state index contributed by atoms with van der Waals surface area (Å²) in [6.45, 7) is 0. The van der Waals surface area contributed by atoms with Crippen molar-refractivity contribution in [3.63, 3.8) is 0 Å². The first-order chi connectivity index (χ1) is 4.70. The summed E-state index contributed by atoms with van der Waals surface area (Å²) < 4.78 is 0. The van der Waals surface area contributed by atoms with Gasteiger partial charge in [-0.3, -0.25) is 4.79 Å². The second-order valence-corrected chi connectivity index (χ2v) is 2.86. The monoisotopic (exact) mass is 180 g/mol. The van der Waals surface area contributed by atoms with Crippen LogP contribution < -0.4 is 0 Å². The molecule has 3 nitrogen and oxygen atoms in total. The smallest absolute Gasteiger partial charge is 0.306 e. The maximum Gasteiger partial charge on any atom is 0.306 e. The van der Waals surface area contributed by atoms with Crippen LogP contribution in [0.5, 0.6) is 0 Å². The van der Waals surface area contributed by atoms with Gasteiger partial charge in [-0.1, -0.05) is 6.42 Å².